The molecule has 3 aromatic rings. The second kappa shape index (κ2) is 9.13. The van der Waals surface area contributed by atoms with Gasteiger partial charge in [0.25, 0.3) is 0 Å². The molecule has 0 saturated heterocycles. The number of aromatic nitrogens is 2. The molecule has 0 aliphatic heterocycles. The number of H-pyrrole nitrogens is 1. The maximum absolute atomic E-state index is 6.07. The van der Waals surface area contributed by atoms with E-state index in [1.54, 1.807) is 25.3 Å². The first-order valence-electron chi connectivity index (χ1n) is 8.62. The molecule has 27 heavy (non-hydrogen) atoms. The Morgan fingerprint density at radius 2 is 1.70 bits per heavy atom. The third-order valence-corrected chi connectivity index (χ3v) is 4.48. The van der Waals surface area contributed by atoms with Crippen molar-refractivity contribution < 1.29 is 9.47 Å². The first-order valence-corrected chi connectivity index (χ1v) is 9.38. The van der Waals surface area contributed by atoms with E-state index in [0.29, 0.717) is 34.6 Å². The average molecular weight is 406 g/mol. The number of halogens is 2. The molecule has 0 aliphatic rings. The van der Waals surface area contributed by atoms with Crippen molar-refractivity contribution >= 4 is 23.2 Å². The molecule has 0 fully saturated rings. The molecule has 2 N–H and O–H groups in total. The molecule has 1 aromatic heterocycles. The summed E-state index contributed by atoms with van der Waals surface area (Å²) < 4.78 is 11.2. The lowest BCUT2D eigenvalue weighted by molar-refractivity contribution is 0.414. The summed E-state index contributed by atoms with van der Waals surface area (Å²) >= 11 is 12.1. The van der Waals surface area contributed by atoms with Crippen LogP contribution in [0.15, 0.2) is 42.5 Å². The minimum atomic E-state index is 0.526. The largest absolute Gasteiger partial charge is 0.497 e. The molecule has 1 heterocycles. The van der Waals surface area contributed by atoms with Crippen LogP contribution in [0, 0.1) is 0 Å². The summed E-state index contributed by atoms with van der Waals surface area (Å²) in [4.78, 5) is 0. The summed E-state index contributed by atoms with van der Waals surface area (Å²) in [5.74, 6) is 2.13. The molecular formula is C20H21Cl2N3O2. The fraction of sp³-hybridized carbons (Fsp3) is 0.250. The zero-order chi connectivity index (χ0) is 19.2. The van der Waals surface area contributed by atoms with Gasteiger partial charge in [0.1, 0.15) is 17.2 Å². The van der Waals surface area contributed by atoms with Crippen LogP contribution in [0.2, 0.25) is 10.0 Å². The van der Waals surface area contributed by atoms with E-state index in [4.69, 9.17) is 32.7 Å². The lowest BCUT2D eigenvalue weighted by Gasteiger charge is -2.10. The van der Waals surface area contributed by atoms with E-state index in [0.717, 1.165) is 29.1 Å². The molecule has 3 rings (SSSR count). The highest BCUT2D eigenvalue weighted by molar-refractivity contribution is 6.34. The fourth-order valence-electron chi connectivity index (χ4n) is 2.67. The second-order valence-corrected chi connectivity index (χ2v) is 6.86. The van der Waals surface area contributed by atoms with E-state index in [-0.39, 0.29) is 0 Å². The molecule has 0 spiro atoms. The number of rotatable bonds is 8. The minimum Gasteiger partial charge on any atom is -0.497 e. The van der Waals surface area contributed by atoms with Crippen molar-refractivity contribution in [1.82, 2.24) is 15.5 Å². The molecule has 0 bridgehead atoms. The number of nitrogens with one attached hydrogen (secondary N) is 2. The van der Waals surface area contributed by atoms with Gasteiger partial charge < -0.3 is 14.8 Å². The van der Waals surface area contributed by atoms with Gasteiger partial charge in [0.2, 0.25) is 0 Å². The van der Waals surface area contributed by atoms with E-state index in [2.05, 4.69) is 15.5 Å². The first kappa shape index (κ1) is 19.5. The topological polar surface area (TPSA) is 59.2 Å². The summed E-state index contributed by atoms with van der Waals surface area (Å²) in [5, 5.41) is 11.9. The minimum absolute atomic E-state index is 0.526. The predicted octanol–water partition coefficient (Wildman–Crippen LogP) is 5.37. The zero-order valence-corrected chi connectivity index (χ0v) is 16.7. The monoisotopic (exact) mass is 405 g/mol. The van der Waals surface area contributed by atoms with E-state index in [9.17, 15) is 0 Å². The molecule has 2 aromatic carbocycles. The number of hydrogen-bond acceptors (Lipinski definition) is 4. The zero-order valence-electron chi connectivity index (χ0n) is 15.2. The van der Waals surface area contributed by atoms with Crippen molar-refractivity contribution in [2.24, 2.45) is 0 Å². The van der Waals surface area contributed by atoms with Crippen LogP contribution in [-0.4, -0.2) is 17.3 Å². The van der Waals surface area contributed by atoms with Gasteiger partial charge in [-0.25, -0.2) is 0 Å². The highest BCUT2D eigenvalue weighted by Crippen LogP contribution is 2.32. The van der Waals surface area contributed by atoms with Crippen LogP contribution in [0.25, 0.3) is 0 Å². The number of aryl methyl sites for hydroxylation is 1. The summed E-state index contributed by atoms with van der Waals surface area (Å²) in [6, 6.07) is 13.1. The Balaban J connectivity index is 1.69. The summed E-state index contributed by atoms with van der Waals surface area (Å²) in [7, 11) is 1.66. The molecule has 0 aliphatic carbocycles. The fourth-order valence-corrected chi connectivity index (χ4v) is 3.18. The SMILES string of the molecule is CCc1n[nH]c(CNCc2ccc(OC)cc2)c1Oc1cc(Cl)cc(Cl)c1. The van der Waals surface area contributed by atoms with Gasteiger partial charge in [-0.1, -0.05) is 42.3 Å². The maximum Gasteiger partial charge on any atom is 0.172 e. The van der Waals surface area contributed by atoms with Crippen LogP contribution >= 0.6 is 23.2 Å². The maximum atomic E-state index is 6.07. The normalized spacial score (nSPS) is 10.8. The van der Waals surface area contributed by atoms with E-state index in [1.807, 2.05) is 31.2 Å². The Morgan fingerprint density at radius 1 is 1.00 bits per heavy atom. The van der Waals surface area contributed by atoms with Gasteiger partial charge >= 0.3 is 0 Å². The van der Waals surface area contributed by atoms with Crippen LogP contribution in [0.4, 0.5) is 0 Å². The number of aromatic amines is 1. The Labute approximate surface area is 168 Å². The summed E-state index contributed by atoms with van der Waals surface area (Å²) in [5.41, 5.74) is 2.89. The molecule has 0 radical (unpaired) electrons. The number of benzene rings is 2. The molecule has 0 unspecified atom stereocenters. The molecule has 0 saturated carbocycles. The van der Waals surface area contributed by atoms with E-state index >= 15 is 0 Å². The summed E-state index contributed by atoms with van der Waals surface area (Å²) in [6.07, 6.45) is 0.749. The third-order valence-electron chi connectivity index (χ3n) is 4.04. The Kier molecular flexibility index (Phi) is 6.61. The molecular weight excluding hydrogens is 385 g/mol. The second-order valence-electron chi connectivity index (χ2n) is 5.99. The first-order chi connectivity index (χ1) is 13.1. The van der Waals surface area contributed by atoms with E-state index < -0.39 is 0 Å². The molecule has 142 valence electrons. The van der Waals surface area contributed by atoms with Gasteiger partial charge in [-0.3, -0.25) is 5.10 Å². The van der Waals surface area contributed by atoms with Crippen LogP contribution in [0.3, 0.4) is 0 Å². The van der Waals surface area contributed by atoms with Crippen molar-refractivity contribution in [2.45, 2.75) is 26.4 Å². The average Bonchev–Trinajstić information content (AvgIpc) is 3.03. The highest BCUT2D eigenvalue weighted by Gasteiger charge is 2.15. The Bertz CT molecular complexity index is 874. The predicted molar refractivity (Wildman–Crippen MR) is 108 cm³/mol. The number of ether oxygens (including phenoxy) is 2. The number of methoxy groups -OCH3 is 1. The Morgan fingerprint density at radius 3 is 2.33 bits per heavy atom. The van der Waals surface area contributed by atoms with Crippen molar-refractivity contribution in [3.63, 3.8) is 0 Å². The van der Waals surface area contributed by atoms with Gasteiger partial charge in [-0.2, -0.15) is 5.10 Å². The van der Waals surface area contributed by atoms with Crippen molar-refractivity contribution in [1.29, 1.82) is 0 Å². The lowest BCUT2D eigenvalue weighted by atomic mass is 10.2. The highest BCUT2D eigenvalue weighted by atomic mass is 35.5. The van der Waals surface area contributed by atoms with Crippen LogP contribution in [0.5, 0.6) is 17.2 Å². The quantitative estimate of drug-likeness (QED) is 0.528. The van der Waals surface area contributed by atoms with Gasteiger partial charge in [0, 0.05) is 23.1 Å². The Hall–Kier alpha value is -2.21. The van der Waals surface area contributed by atoms with Crippen molar-refractivity contribution in [2.75, 3.05) is 7.11 Å². The molecule has 0 amide bonds. The van der Waals surface area contributed by atoms with E-state index in [1.165, 1.54) is 0 Å². The number of nitrogens with zero attached hydrogens (tertiary/aromatic N) is 1. The van der Waals surface area contributed by atoms with Crippen molar-refractivity contribution in [3.8, 4) is 17.2 Å². The standard InChI is InChI=1S/C20H21Cl2N3O2/c1-3-18-20(27-17-9-14(21)8-15(22)10-17)19(25-24-18)12-23-11-13-4-6-16(26-2)7-5-13/h4-10,23H,3,11-12H2,1-2H3,(H,24,25). The molecule has 7 heteroatoms. The van der Waals surface area contributed by atoms with Gasteiger partial charge in [-0.15, -0.1) is 0 Å². The molecule has 5 nitrogen and oxygen atoms in total. The summed E-state index contributed by atoms with van der Waals surface area (Å²) in [6.45, 7) is 3.33. The van der Waals surface area contributed by atoms with Crippen LogP contribution < -0.4 is 14.8 Å². The molecule has 0 atom stereocenters. The lowest BCUT2D eigenvalue weighted by Crippen LogP contribution is -2.13. The van der Waals surface area contributed by atoms with Crippen molar-refractivity contribution in [3.05, 3.63) is 69.5 Å². The third kappa shape index (κ3) is 5.16. The smallest absolute Gasteiger partial charge is 0.172 e. The van der Waals surface area contributed by atoms with Crippen LogP contribution in [0.1, 0.15) is 23.9 Å². The number of hydrogen-bond donors (Lipinski definition) is 2. The van der Waals surface area contributed by atoms with Gasteiger partial charge in [0.05, 0.1) is 12.8 Å². The van der Waals surface area contributed by atoms with Gasteiger partial charge in [0.15, 0.2) is 5.75 Å². The van der Waals surface area contributed by atoms with Gasteiger partial charge in [-0.05, 0) is 42.3 Å². The van der Waals surface area contributed by atoms with Crippen LogP contribution in [-0.2, 0) is 19.5 Å².